The Kier molecular flexibility index (Phi) is 10.8. The molecule has 4 aliphatic rings. The number of anilines is 4. The van der Waals surface area contributed by atoms with Gasteiger partial charge >= 0.3 is 0 Å². The summed E-state index contributed by atoms with van der Waals surface area (Å²) in [5, 5.41) is 16.9. The van der Waals surface area contributed by atoms with E-state index < -0.39 is 6.43 Å². The van der Waals surface area contributed by atoms with E-state index in [4.69, 9.17) is 14.8 Å². The van der Waals surface area contributed by atoms with Crippen LogP contribution < -0.4 is 20.0 Å². The minimum atomic E-state index is -2.65. The third-order valence-corrected chi connectivity index (χ3v) is 11.7. The van der Waals surface area contributed by atoms with Crippen molar-refractivity contribution in [1.29, 1.82) is 0 Å². The molecule has 1 aromatic carbocycles. The highest BCUT2D eigenvalue weighted by Gasteiger charge is 2.31. The highest BCUT2D eigenvalue weighted by molar-refractivity contribution is 5.76. The van der Waals surface area contributed by atoms with E-state index in [1.54, 1.807) is 18.3 Å². The van der Waals surface area contributed by atoms with Gasteiger partial charge in [0.05, 0.1) is 6.04 Å². The highest BCUT2D eigenvalue weighted by atomic mass is 19.3. The second-order valence-electron chi connectivity index (χ2n) is 14.8. The van der Waals surface area contributed by atoms with Crippen LogP contribution in [-0.4, -0.2) is 108 Å². The monoisotopic (exact) mass is 740 g/mol. The molecule has 0 bridgehead atoms. The van der Waals surface area contributed by atoms with Crippen molar-refractivity contribution >= 4 is 29.4 Å². The van der Waals surface area contributed by atoms with Crippen LogP contribution in [0.2, 0.25) is 0 Å². The SMILES string of the molecule is CCN(c1cc(C(F)F)c(-c2ccc(N3CCC(N4CCN(c5ccc(C=O)nn5)CC4)CC3)nc2)cc1C)c1nn(C2CCOCC2)c2c1CNCC2. The number of rotatable bonds is 10. The molecule has 0 saturated carbocycles. The fourth-order valence-electron chi connectivity index (χ4n) is 8.75. The van der Waals surface area contributed by atoms with E-state index in [2.05, 4.69) is 46.7 Å². The Morgan fingerprint density at radius 3 is 2.37 bits per heavy atom. The first-order valence-corrected chi connectivity index (χ1v) is 19.5. The molecule has 1 N–H and O–H groups in total. The maximum atomic E-state index is 14.9. The molecule has 0 atom stereocenters. The Bertz CT molecular complexity index is 1900. The summed E-state index contributed by atoms with van der Waals surface area (Å²) in [7, 11) is 0. The smallest absolute Gasteiger partial charge is 0.264 e. The normalized spacial score (nSPS) is 19.0. The van der Waals surface area contributed by atoms with E-state index >= 15 is 0 Å². The number of benzene rings is 1. The predicted octanol–water partition coefficient (Wildman–Crippen LogP) is 5.74. The maximum Gasteiger partial charge on any atom is 0.264 e. The minimum Gasteiger partial charge on any atom is -0.381 e. The number of carbonyl (C=O) groups is 1. The van der Waals surface area contributed by atoms with Crippen LogP contribution in [-0.2, 0) is 17.7 Å². The van der Waals surface area contributed by atoms with Crippen molar-refractivity contribution in [1.82, 2.24) is 35.2 Å². The van der Waals surface area contributed by atoms with E-state index in [1.165, 1.54) is 5.69 Å². The second-order valence-corrected chi connectivity index (χ2v) is 14.8. The summed E-state index contributed by atoms with van der Waals surface area (Å²) < 4.78 is 37.6. The molecule has 0 spiro atoms. The molecule has 0 radical (unpaired) electrons. The van der Waals surface area contributed by atoms with Gasteiger partial charge in [0.1, 0.15) is 11.5 Å². The Hall–Kier alpha value is -4.53. The number of ether oxygens (including phenoxy) is 1. The topological polar surface area (TPSA) is 108 Å². The van der Waals surface area contributed by atoms with Crippen molar-refractivity contribution < 1.29 is 18.3 Å². The highest BCUT2D eigenvalue weighted by Crippen LogP contribution is 2.41. The maximum absolute atomic E-state index is 14.9. The molecular weight excluding hydrogens is 691 g/mol. The summed E-state index contributed by atoms with van der Waals surface area (Å²) in [6, 6.07) is 11.8. The van der Waals surface area contributed by atoms with Crippen LogP contribution in [0.1, 0.15) is 77.9 Å². The molecule has 3 aromatic heterocycles. The molecule has 4 aliphatic heterocycles. The van der Waals surface area contributed by atoms with Crippen LogP contribution in [0.5, 0.6) is 0 Å². The third-order valence-electron chi connectivity index (χ3n) is 11.7. The van der Waals surface area contributed by atoms with Crippen LogP contribution in [0.25, 0.3) is 11.1 Å². The molecule has 3 fully saturated rings. The molecular formula is C40H50F2N10O2. The van der Waals surface area contributed by atoms with Crippen LogP contribution in [0.15, 0.2) is 42.6 Å². The van der Waals surface area contributed by atoms with Gasteiger partial charge in [-0.15, -0.1) is 10.2 Å². The zero-order valence-corrected chi connectivity index (χ0v) is 31.3. The summed E-state index contributed by atoms with van der Waals surface area (Å²) in [4.78, 5) is 24.9. The van der Waals surface area contributed by atoms with E-state index in [0.29, 0.717) is 48.3 Å². The van der Waals surface area contributed by atoms with Gasteiger partial charge < -0.3 is 24.8 Å². The van der Waals surface area contributed by atoms with Crippen molar-refractivity contribution in [3.8, 4) is 11.1 Å². The average Bonchev–Trinajstić information content (AvgIpc) is 3.61. The zero-order chi connectivity index (χ0) is 37.2. The lowest BCUT2D eigenvalue weighted by atomic mass is 9.96. The van der Waals surface area contributed by atoms with Crippen LogP contribution in [0.3, 0.4) is 0 Å². The standard InChI is InChI=1S/C40H50F2N10O2/c1-3-51(40-34-25-43-13-8-35(34)52(47-40)31-11-20-54-21-12-31)36-23-33(39(41)42)32(22-27(36)2)28-4-6-37(44-24-28)49-14-9-30(10-15-49)48-16-18-50(19-17-48)38-7-5-29(26-53)45-46-38/h4-7,22-24,26,30-31,39,43H,3,8-21,25H2,1-2H3. The molecule has 4 aromatic rings. The zero-order valence-electron chi connectivity index (χ0n) is 31.3. The molecule has 12 nitrogen and oxygen atoms in total. The molecule has 0 aliphatic carbocycles. The quantitative estimate of drug-likeness (QED) is 0.201. The van der Waals surface area contributed by atoms with Crippen molar-refractivity contribution in [3.05, 3.63) is 70.7 Å². The number of alkyl halides is 2. The summed E-state index contributed by atoms with van der Waals surface area (Å²) in [6.45, 7) is 13.2. The number of pyridine rings is 1. The van der Waals surface area contributed by atoms with E-state index in [9.17, 15) is 13.6 Å². The number of fused-ring (bicyclic) bond motifs is 1. The summed E-state index contributed by atoms with van der Waals surface area (Å²) in [5.41, 5.74) is 5.65. The van der Waals surface area contributed by atoms with Crippen molar-refractivity contribution in [2.75, 3.05) is 80.3 Å². The predicted molar refractivity (Wildman–Crippen MR) is 205 cm³/mol. The van der Waals surface area contributed by atoms with Gasteiger partial charge in [0, 0.05) is 119 Å². The Morgan fingerprint density at radius 1 is 0.944 bits per heavy atom. The largest absolute Gasteiger partial charge is 0.381 e. The molecule has 3 saturated heterocycles. The average molecular weight is 741 g/mol. The Balaban J connectivity index is 0.948. The van der Waals surface area contributed by atoms with E-state index in [0.717, 1.165) is 125 Å². The molecule has 54 heavy (non-hydrogen) atoms. The number of halogens is 2. The van der Waals surface area contributed by atoms with Gasteiger partial charge in [0.15, 0.2) is 17.9 Å². The summed E-state index contributed by atoms with van der Waals surface area (Å²) in [5.74, 6) is 2.54. The number of nitrogens with one attached hydrogen (secondary N) is 1. The lowest BCUT2D eigenvalue weighted by Gasteiger charge is -2.43. The number of aldehydes is 1. The Morgan fingerprint density at radius 2 is 1.70 bits per heavy atom. The van der Waals surface area contributed by atoms with Crippen molar-refractivity contribution in [2.45, 2.75) is 71.0 Å². The molecule has 7 heterocycles. The van der Waals surface area contributed by atoms with Gasteiger partial charge in [-0.25, -0.2) is 13.8 Å². The van der Waals surface area contributed by atoms with E-state index in [-0.39, 0.29) is 5.56 Å². The second kappa shape index (κ2) is 16.1. The molecule has 0 unspecified atom stereocenters. The van der Waals surface area contributed by atoms with Gasteiger partial charge in [-0.05, 0) is 87.1 Å². The number of piperidine rings is 1. The van der Waals surface area contributed by atoms with Crippen molar-refractivity contribution in [3.63, 3.8) is 0 Å². The van der Waals surface area contributed by atoms with Crippen molar-refractivity contribution in [2.24, 2.45) is 0 Å². The number of piperazine rings is 1. The third kappa shape index (κ3) is 7.30. The molecule has 14 heteroatoms. The summed E-state index contributed by atoms with van der Waals surface area (Å²) in [6.07, 6.45) is 4.64. The first kappa shape index (κ1) is 36.4. The van der Waals surface area contributed by atoms with Gasteiger partial charge in [0.25, 0.3) is 6.43 Å². The fraction of sp³-hybridized carbons (Fsp3) is 0.525. The number of hydrogen-bond acceptors (Lipinski definition) is 11. The van der Waals surface area contributed by atoms with Crippen LogP contribution in [0.4, 0.5) is 31.9 Å². The number of carbonyl (C=O) groups excluding carboxylic acids is 1. The Labute approximate surface area is 315 Å². The first-order valence-electron chi connectivity index (χ1n) is 19.5. The van der Waals surface area contributed by atoms with Crippen LogP contribution >= 0.6 is 0 Å². The number of aromatic nitrogens is 5. The molecule has 286 valence electrons. The summed E-state index contributed by atoms with van der Waals surface area (Å²) >= 11 is 0. The van der Waals surface area contributed by atoms with Gasteiger partial charge in [0.2, 0.25) is 0 Å². The fourth-order valence-corrected chi connectivity index (χ4v) is 8.75. The lowest BCUT2D eigenvalue weighted by Crippen LogP contribution is -2.53. The first-order chi connectivity index (χ1) is 26.4. The lowest BCUT2D eigenvalue weighted by molar-refractivity contribution is 0.0653. The minimum absolute atomic E-state index is 0.00499. The number of nitrogens with zero attached hydrogens (tertiary/aromatic N) is 9. The van der Waals surface area contributed by atoms with Gasteiger partial charge in [-0.1, -0.05) is 0 Å². The molecule has 8 rings (SSSR count). The van der Waals surface area contributed by atoms with E-state index in [1.807, 2.05) is 31.2 Å². The number of hydrogen-bond donors (Lipinski definition) is 1. The van der Waals surface area contributed by atoms with Gasteiger partial charge in [-0.2, -0.15) is 5.10 Å². The number of aryl methyl sites for hydroxylation is 1. The van der Waals surface area contributed by atoms with Gasteiger partial charge in [-0.3, -0.25) is 14.4 Å². The van der Waals surface area contributed by atoms with Crippen LogP contribution in [0, 0.1) is 6.92 Å². The molecule has 0 amide bonds.